The molecule has 0 spiro atoms. The second kappa shape index (κ2) is 5.17. The van der Waals surface area contributed by atoms with Crippen LogP contribution in [0.2, 0.25) is 0 Å². The van der Waals surface area contributed by atoms with E-state index in [1.807, 2.05) is 0 Å². The lowest BCUT2D eigenvalue weighted by atomic mass is 9.89. The normalized spacial score (nSPS) is 30.1. The molecule has 2 unspecified atom stereocenters. The van der Waals surface area contributed by atoms with Gasteiger partial charge in [0.15, 0.2) is 0 Å². The molecule has 16 heavy (non-hydrogen) atoms. The van der Waals surface area contributed by atoms with Gasteiger partial charge in [0.2, 0.25) is 5.91 Å². The molecule has 2 aliphatic carbocycles. The Bertz CT molecular complexity index is 250. The third kappa shape index (κ3) is 2.24. The molecule has 2 rings (SSSR count). The minimum atomic E-state index is 0.284. The van der Waals surface area contributed by atoms with E-state index >= 15 is 0 Å². The van der Waals surface area contributed by atoms with Crippen LogP contribution in [0, 0.1) is 11.8 Å². The number of nitrogens with two attached hydrogens (primary N) is 1. The van der Waals surface area contributed by atoms with Crippen molar-refractivity contribution in [1.29, 1.82) is 0 Å². The fourth-order valence-electron chi connectivity index (χ4n) is 3.04. The number of hydrogen-bond acceptors (Lipinski definition) is 2. The van der Waals surface area contributed by atoms with Gasteiger partial charge in [-0.15, -0.1) is 0 Å². The molecule has 1 amide bonds. The molecule has 3 nitrogen and oxygen atoms in total. The highest BCUT2D eigenvalue weighted by Crippen LogP contribution is 2.35. The van der Waals surface area contributed by atoms with Crippen LogP contribution in [0.5, 0.6) is 0 Å². The zero-order valence-electron chi connectivity index (χ0n) is 10.3. The third-order valence-electron chi connectivity index (χ3n) is 4.35. The number of hydrogen-bond donors (Lipinski definition) is 1. The largest absolute Gasteiger partial charge is 0.338 e. The Morgan fingerprint density at radius 3 is 2.38 bits per heavy atom. The van der Waals surface area contributed by atoms with Gasteiger partial charge in [0, 0.05) is 25.0 Å². The van der Waals surface area contributed by atoms with Gasteiger partial charge >= 0.3 is 0 Å². The van der Waals surface area contributed by atoms with Gasteiger partial charge in [-0.05, 0) is 38.0 Å². The summed E-state index contributed by atoms with van der Waals surface area (Å²) in [5.74, 6) is 1.25. The first kappa shape index (κ1) is 11.9. The van der Waals surface area contributed by atoms with E-state index in [9.17, 15) is 4.79 Å². The predicted octanol–water partition coefficient (Wildman–Crippen LogP) is 1.76. The van der Waals surface area contributed by atoms with Crippen LogP contribution in [-0.4, -0.2) is 29.9 Å². The molecule has 2 saturated carbocycles. The highest BCUT2D eigenvalue weighted by atomic mass is 16.2. The first-order valence-electron chi connectivity index (χ1n) is 6.74. The monoisotopic (exact) mass is 224 g/mol. The quantitative estimate of drug-likeness (QED) is 0.791. The number of rotatable bonds is 4. The average Bonchev–Trinajstić information content (AvgIpc) is 2.60. The summed E-state index contributed by atoms with van der Waals surface area (Å²) < 4.78 is 0. The fraction of sp³-hybridized carbons (Fsp3) is 0.923. The Morgan fingerprint density at radius 1 is 1.25 bits per heavy atom. The molecule has 0 radical (unpaired) electrons. The topological polar surface area (TPSA) is 46.3 Å². The molecule has 0 aromatic heterocycles. The van der Waals surface area contributed by atoms with Crippen molar-refractivity contribution in [3.8, 4) is 0 Å². The maximum absolute atomic E-state index is 12.5. The van der Waals surface area contributed by atoms with E-state index in [2.05, 4.69) is 11.8 Å². The molecule has 2 fully saturated rings. The van der Waals surface area contributed by atoms with Crippen LogP contribution in [0.4, 0.5) is 0 Å². The third-order valence-corrected chi connectivity index (χ3v) is 4.35. The number of carbonyl (C=O) groups is 1. The van der Waals surface area contributed by atoms with Gasteiger partial charge in [0.25, 0.3) is 0 Å². The molecule has 92 valence electrons. The lowest BCUT2D eigenvalue weighted by molar-refractivity contribution is -0.140. The van der Waals surface area contributed by atoms with Gasteiger partial charge in [-0.25, -0.2) is 0 Å². The summed E-state index contributed by atoms with van der Waals surface area (Å²) in [6.45, 7) is 3.58. The van der Waals surface area contributed by atoms with Crippen molar-refractivity contribution < 1.29 is 4.79 Å². The van der Waals surface area contributed by atoms with Gasteiger partial charge in [0.1, 0.15) is 0 Å². The Balaban J connectivity index is 1.98. The maximum atomic E-state index is 12.5. The van der Waals surface area contributed by atoms with Crippen molar-refractivity contribution in [3.63, 3.8) is 0 Å². The lowest BCUT2D eigenvalue weighted by Gasteiger charge is -2.39. The van der Waals surface area contributed by atoms with E-state index in [4.69, 9.17) is 5.73 Å². The summed E-state index contributed by atoms with van der Waals surface area (Å²) >= 11 is 0. The van der Waals surface area contributed by atoms with Gasteiger partial charge < -0.3 is 10.6 Å². The predicted molar refractivity (Wildman–Crippen MR) is 64.9 cm³/mol. The molecule has 0 aliphatic heterocycles. The highest BCUT2D eigenvalue weighted by Gasteiger charge is 2.36. The molecule has 2 N–H and O–H groups in total. The standard InChI is InChI=1S/C13H24N2O/c1-10-4-2-7-12(10)13(16)15(9-8-14)11-5-3-6-11/h10-12H,2-9,14H2,1H3. The SMILES string of the molecule is CC1CCCC1C(=O)N(CCN)C1CCC1. The summed E-state index contributed by atoms with van der Waals surface area (Å²) in [4.78, 5) is 14.5. The Hall–Kier alpha value is -0.570. The smallest absolute Gasteiger partial charge is 0.226 e. The number of carbonyl (C=O) groups excluding carboxylic acids is 1. The minimum absolute atomic E-state index is 0.284. The van der Waals surface area contributed by atoms with E-state index in [-0.39, 0.29) is 5.92 Å². The van der Waals surface area contributed by atoms with Crippen LogP contribution in [-0.2, 0) is 4.79 Å². The van der Waals surface area contributed by atoms with Crippen molar-refractivity contribution in [2.24, 2.45) is 17.6 Å². The summed E-state index contributed by atoms with van der Waals surface area (Å²) in [5, 5.41) is 0. The Morgan fingerprint density at radius 2 is 1.94 bits per heavy atom. The second-order valence-electron chi connectivity index (χ2n) is 5.42. The van der Waals surface area contributed by atoms with Crippen LogP contribution in [0.15, 0.2) is 0 Å². The molecular formula is C13H24N2O. The number of nitrogens with zero attached hydrogens (tertiary/aromatic N) is 1. The Labute approximate surface area is 98.4 Å². The van der Waals surface area contributed by atoms with Crippen molar-refractivity contribution in [1.82, 2.24) is 4.90 Å². The van der Waals surface area contributed by atoms with Crippen molar-refractivity contribution in [2.45, 2.75) is 51.5 Å². The molecule has 0 bridgehead atoms. The van der Waals surface area contributed by atoms with Gasteiger partial charge in [-0.2, -0.15) is 0 Å². The van der Waals surface area contributed by atoms with E-state index < -0.39 is 0 Å². The molecule has 0 aromatic rings. The molecular weight excluding hydrogens is 200 g/mol. The van der Waals surface area contributed by atoms with Crippen LogP contribution >= 0.6 is 0 Å². The zero-order chi connectivity index (χ0) is 11.5. The van der Waals surface area contributed by atoms with Crippen LogP contribution in [0.25, 0.3) is 0 Å². The molecule has 0 saturated heterocycles. The summed E-state index contributed by atoms with van der Waals surface area (Å²) in [5.41, 5.74) is 5.62. The summed E-state index contributed by atoms with van der Waals surface area (Å²) in [7, 11) is 0. The van der Waals surface area contributed by atoms with E-state index in [0.29, 0.717) is 24.4 Å². The maximum Gasteiger partial charge on any atom is 0.226 e. The summed E-state index contributed by atoms with van der Waals surface area (Å²) in [6, 6.07) is 0.504. The fourth-order valence-corrected chi connectivity index (χ4v) is 3.04. The van der Waals surface area contributed by atoms with E-state index in [0.717, 1.165) is 13.0 Å². The first-order chi connectivity index (χ1) is 7.74. The average molecular weight is 224 g/mol. The Kier molecular flexibility index (Phi) is 3.85. The lowest BCUT2D eigenvalue weighted by Crippen LogP contribution is -2.49. The van der Waals surface area contributed by atoms with Gasteiger partial charge in [-0.3, -0.25) is 4.79 Å². The zero-order valence-corrected chi connectivity index (χ0v) is 10.3. The van der Waals surface area contributed by atoms with Crippen molar-refractivity contribution in [2.75, 3.05) is 13.1 Å². The van der Waals surface area contributed by atoms with Crippen LogP contribution in [0.3, 0.4) is 0 Å². The van der Waals surface area contributed by atoms with Crippen LogP contribution in [0.1, 0.15) is 45.4 Å². The molecule has 2 atom stereocenters. The minimum Gasteiger partial charge on any atom is -0.338 e. The highest BCUT2D eigenvalue weighted by molar-refractivity contribution is 5.79. The van der Waals surface area contributed by atoms with Gasteiger partial charge in [0.05, 0.1) is 0 Å². The summed E-state index contributed by atoms with van der Waals surface area (Å²) in [6.07, 6.45) is 7.18. The molecule has 3 heteroatoms. The molecule has 2 aliphatic rings. The van der Waals surface area contributed by atoms with Gasteiger partial charge in [-0.1, -0.05) is 13.3 Å². The molecule has 0 aromatic carbocycles. The second-order valence-corrected chi connectivity index (χ2v) is 5.42. The first-order valence-corrected chi connectivity index (χ1v) is 6.74. The van der Waals surface area contributed by atoms with E-state index in [1.165, 1.54) is 32.1 Å². The van der Waals surface area contributed by atoms with Crippen molar-refractivity contribution >= 4 is 5.91 Å². The van der Waals surface area contributed by atoms with Crippen molar-refractivity contribution in [3.05, 3.63) is 0 Å². The van der Waals surface area contributed by atoms with Crippen LogP contribution < -0.4 is 5.73 Å². The number of amides is 1. The van der Waals surface area contributed by atoms with E-state index in [1.54, 1.807) is 0 Å². The molecule has 0 heterocycles.